The maximum atomic E-state index is 10.7. The van der Waals surface area contributed by atoms with Gasteiger partial charge in [-0.3, -0.25) is 4.79 Å². The Balaban J connectivity index is 2.03. The number of hydrogen-bond donors (Lipinski definition) is 3. The van der Waals surface area contributed by atoms with E-state index in [1.165, 1.54) is 11.3 Å². The summed E-state index contributed by atoms with van der Waals surface area (Å²) in [5.41, 5.74) is 0.507. The first-order valence-electron chi connectivity index (χ1n) is 6.74. The topological polar surface area (TPSA) is 69.6 Å². The average molecular weight is 305 g/mol. The van der Waals surface area contributed by atoms with Crippen LogP contribution in [0.5, 0.6) is 0 Å². The maximum absolute atomic E-state index is 10.7. The Morgan fingerprint density at radius 3 is 2.48 bits per heavy atom. The fourth-order valence-corrected chi connectivity index (χ4v) is 3.05. The lowest BCUT2D eigenvalue weighted by molar-refractivity contribution is -0.136. The number of carboxylic acids is 1. The van der Waals surface area contributed by atoms with Crippen molar-refractivity contribution in [2.24, 2.45) is 0 Å². The molecule has 0 amide bonds. The van der Waals surface area contributed by atoms with E-state index in [1.54, 1.807) is 0 Å². The molecule has 1 heterocycles. The minimum atomic E-state index is -0.819. The third-order valence-electron chi connectivity index (χ3n) is 3.42. The Kier molecular flexibility index (Phi) is 5.12. The second kappa shape index (κ2) is 6.85. The van der Waals surface area contributed by atoms with Gasteiger partial charge in [-0.2, -0.15) is 0 Å². The lowest BCUT2D eigenvalue weighted by Gasteiger charge is -2.29. The highest BCUT2D eigenvalue weighted by molar-refractivity contribution is 7.12. The Hall–Kier alpha value is -1.69. The van der Waals surface area contributed by atoms with Crippen LogP contribution in [0.4, 0.5) is 0 Å². The van der Waals surface area contributed by atoms with Crippen molar-refractivity contribution in [3.8, 4) is 0 Å². The molecule has 2 aromatic rings. The van der Waals surface area contributed by atoms with Crippen molar-refractivity contribution < 1.29 is 15.0 Å². The highest BCUT2D eigenvalue weighted by Gasteiger charge is 2.24. The molecule has 1 unspecified atom stereocenters. The zero-order valence-corrected chi connectivity index (χ0v) is 12.7. The van der Waals surface area contributed by atoms with E-state index in [1.807, 2.05) is 49.4 Å². The number of carboxylic acid groups (broad SMARTS) is 1. The molecule has 0 bridgehead atoms. The molecule has 1 atom stereocenters. The summed E-state index contributed by atoms with van der Waals surface area (Å²) >= 11 is 1.48. The van der Waals surface area contributed by atoms with E-state index in [4.69, 9.17) is 5.11 Å². The van der Waals surface area contributed by atoms with E-state index >= 15 is 0 Å². The van der Waals surface area contributed by atoms with Gasteiger partial charge in [-0.15, -0.1) is 11.3 Å². The van der Waals surface area contributed by atoms with Crippen LogP contribution in [0.3, 0.4) is 0 Å². The van der Waals surface area contributed by atoms with Gasteiger partial charge in [0, 0.05) is 16.3 Å². The monoisotopic (exact) mass is 305 g/mol. The van der Waals surface area contributed by atoms with Gasteiger partial charge in [0.25, 0.3) is 0 Å². The number of nitrogens with one attached hydrogen (secondary N) is 1. The van der Waals surface area contributed by atoms with Crippen molar-refractivity contribution in [1.29, 1.82) is 0 Å². The van der Waals surface area contributed by atoms with Crippen molar-refractivity contribution in [2.45, 2.75) is 25.4 Å². The molecule has 0 radical (unpaired) electrons. The Morgan fingerprint density at radius 2 is 1.86 bits per heavy atom. The van der Waals surface area contributed by atoms with Crippen molar-refractivity contribution >= 4 is 17.3 Å². The second-order valence-electron chi connectivity index (χ2n) is 5.15. The molecule has 0 fully saturated rings. The molecule has 3 N–H and O–H groups in total. The largest absolute Gasteiger partial charge is 0.481 e. The van der Waals surface area contributed by atoms with Gasteiger partial charge in [0.05, 0.1) is 18.6 Å². The lowest BCUT2D eigenvalue weighted by Crippen LogP contribution is -2.42. The molecule has 4 nitrogen and oxygen atoms in total. The number of rotatable bonds is 7. The van der Waals surface area contributed by atoms with Crippen LogP contribution in [0.1, 0.15) is 22.2 Å². The van der Waals surface area contributed by atoms with Gasteiger partial charge >= 0.3 is 5.97 Å². The van der Waals surface area contributed by atoms with E-state index in [2.05, 4.69) is 5.32 Å². The predicted octanol–water partition coefficient (Wildman–Crippen LogP) is 2.37. The molecule has 1 aromatic heterocycles. The Labute approximate surface area is 128 Å². The standard InChI is InChI=1S/C16H19NO3S/c1-16(11-18,12-5-3-2-4-6-12)17-10-14-8-7-13(21-14)9-15(19)20/h2-8,17-18H,9-11H2,1H3,(H,19,20). The number of hydrogen-bond acceptors (Lipinski definition) is 4. The quantitative estimate of drug-likeness (QED) is 0.734. The number of aliphatic hydroxyl groups excluding tert-OH is 1. The fraction of sp³-hybridized carbons (Fsp3) is 0.312. The zero-order chi connectivity index (χ0) is 15.3. The van der Waals surface area contributed by atoms with Crippen molar-refractivity contribution in [1.82, 2.24) is 5.32 Å². The zero-order valence-electron chi connectivity index (χ0n) is 11.9. The molecule has 0 saturated carbocycles. The molecule has 0 spiro atoms. The lowest BCUT2D eigenvalue weighted by atomic mass is 9.93. The van der Waals surface area contributed by atoms with Crippen molar-refractivity contribution in [3.05, 3.63) is 57.8 Å². The van der Waals surface area contributed by atoms with Crippen LogP contribution in [0.25, 0.3) is 0 Å². The molecule has 0 saturated heterocycles. The van der Waals surface area contributed by atoms with Gasteiger partial charge in [0.2, 0.25) is 0 Å². The van der Waals surface area contributed by atoms with Crippen LogP contribution in [-0.4, -0.2) is 22.8 Å². The molecule has 0 aliphatic carbocycles. The number of thiophene rings is 1. The predicted molar refractivity (Wildman–Crippen MR) is 83.4 cm³/mol. The van der Waals surface area contributed by atoms with E-state index in [9.17, 15) is 9.90 Å². The Bertz CT molecular complexity index is 597. The molecule has 21 heavy (non-hydrogen) atoms. The van der Waals surface area contributed by atoms with E-state index in [0.29, 0.717) is 6.54 Å². The first-order valence-corrected chi connectivity index (χ1v) is 7.56. The highest BCUT2D eigenvalue weighted by Crippen LogP contribution is 2.22. The van der Waals surface area contributed by atoms with Gasteiger partial charge in [-0.1, -0.05) is 30.3 Å². The second-order valence-corrected chi connectivity index (χ2v) is 6.40. The fourth-order valence-electron chi connectivity index (χ4n) is 2.10. The minimum absolute atomic E-state index is 0.00955. The van der Waals surface area contributed by atoms with E-state index in [-0.39, 0.29) is 13.0 Å². The van der Waals surface area contributed by atoms with Gasteiger partial charge in [0.1, 0.15) is 0 Å². The van der Waals surface area contributed by atoms with Crippen LogP contribution in [0.2, 0.25) is 0 Å². The summed E-state index contributed by atoms with van der Waals surface area (Å²) in [6.07, 6.45) is 0.0562. The SMILES string of the molecule is CC(CO)(NCc1ccc(CC(=O)O)s1)c1ccccc1. The highest BCUT2D eigenvalue weighted by atomic mass is 32.1. The summed E-state index contributed by atoms with van der Waals surface area (Å²) < 4.78 is 0. The van der Waals surface area contributed by atoms with Gasteiger partial charge in [-0.05, 0) is 24.6 Å². The number of carbonyl (C=O) groups is 1. The molecule has 0 aliphatic heterocycles. The summed E-state index contributed by atoms with van der Waals surface area (Å²) in [7, 11) is 0. The van der Waals surface area contributed by atoms with Crippen molar-refractivity contribution in [2.75, 3.05) is 6.61 Å². The third-order valence-corrected chi connectivity index (χ3v) is 4.51. The molecule has 112 valence electrons. The van der Waals surface area contributed by atoms with Gasteiger partial charge < -0.3 is 15.5 Å². The summed E-state index contributed by atoms with van der Waals surface area (Å²) in [6, 6.07) is 13.6. The molecule has 0 aliphatic rings. The smallest absolute Gasteiger partial charge is 0.308 e. The molecule has 1 aromatic carbocycles. The molecular formula is C16H19NO3S. The van der Waals surface area contributed by atoms with Crippen LogP contribution in [-0.2, 0) is 23.3 Å². The van der Waals surface area contributed by atoms with E-state index in [0.717, 1.165) is 15.3 Å². The van der Waals surface area contributed by atoms with Crippen molar-refractivity contribution in [3.63, 3.8) is 0 Å². The average Bonchev–Trinajstić information content (AvgIpc) is 2.92. The summed E-state index contributed by atoms with van der Waals surface area (Å²) in [5, 5.41) is 21.8. The first-order chi connectivity index (χ1) is 10.0. The van der Waals surface area contributed by atoms with Crippen LogP contribution in [0, 0.1) is 0 Å². The minimum Gasteiger partial charge on any atom is -0.481 e. The maximum Gasteiger partial charge on any atom is 0.308 e. The summed E-state index contributed by atoms with van der Waals surface area (Å²) in [6.45, 7) is 2.54. The van der Waals surface area contributed by atoms with Gasteiger partial charge in [0.15, 0.2) is 0 Å². The number of aliphatic hydroxyl groups is 1. The normalized spacial score (nSPS) is 13.8. The summed E-state index contributed by atoms with van der Waals surface area (Å²) in [4.78, 5) is 12.6. The van der Waals surface area contributed by atoms with Crippen LogP contribution >= 0.6 is 11.3 Å². The Morgan fingerprint density at radius 1 is 1.19 bits per heavy atom. The number of aliphatic carboxylic acids is 1. The van der Waals surface area contributed by atoms with Crippen LogP contribution < -0.4 is 5.32 Å². The summed E-state index contributed by atoms with van der Waals surface area (Å²) in [5.74, 6) is -0.819. The molecule has 2 rings (SSSR count). The number of benzene rings is 1. The third kappa shape index (κ3) is 4.14. The van der Waals surface area contributed by atoms with Gasteiger partial charge in [-0.25, -0.2) is 0 Å². The molecule has 5 heteroatoms. The first kappa shape index (κ1) is 15.7. The van der Waals surface area contributed by atoms with Crippen LogP contribution in [0.15, 0.2) is 42.5 Å². The molecular weight excluding hydrogens is 286 g/mol. The van der Waals surface area contributed by atoms with E-state index < -0.39 is 11.5 Å².